The molecule has 6 aromatic rings. The fourth-order valence-corrected chi connectivity index (χ4v) is 7.97. The van der Waals surface area contributed by atoms with Gasteiger partial charge in [0.2, 0.25) is 0 Å². The minimum atomic E-state index is -0.997. The van der Waals surface area contributed by atoms with E-state index >= 15 is 0 Å². The molecule has 2 saturated heterocycles. The predicted octanol–water partition coefficient (Wildman–Crippen LogP) is 4.53. The fraction of sp³-hybridized carbons (Fsp3) is 0.217. The van der Waals surface area contributed by atoms with E-state index in [0.29, 0.717) is 93.2 Å². The number of pyridine rings is 6. The third-order valence-electron chi connectivity index (χ3n) is 10.9. The Hall–Kier alpha value is -7.96. The molecule has 0 N–H and O–H groups in total. The van der Waals surface area contributed by atoms with E-state index in [1.165, 1.54) is 24.3 Å². The van der Waals surface area contributed by atoms with Gasteiger partial charge in [0.15, 0.2) is 0 Å². The van der Waals surface area contributed by atoms with Gasteiger partial charge in [-0.2, -0.15) is 0 Å². The number of carbonyl (C=O) groups is 6. The fourth-order valence-electron chi connectivity index (χ4n) is 7.97. The third kappa shape index (κ3) is 8.46. The van der Waals surface area contributed by atoms with E-state index in [9.17, 15) is 28.8 Å². The number of carbonyl (C=O) groups excluding carboxylic acids is 6. The van der Waals surface area contributed by atoms with E-state index in [1.807, 2.05) is 82.6 Å². The number of aromatic nitrogens is 6. The average molecular weight is 857 g/mol. The molecule has 0 saturated carbocycles. The first-order valence-corrected chi connectivity index (χ1v) is 20.5. The number of amides is 4. The van der Waals surface area contributed by atoms with Crippen molar-refractivity contribution in [2.24, 2.45) is 0 Å². The summed E-state index contributed by atoms with van der Waals surface area (Å²) in [6.07, 6.45) is -0.383. The Morgan fingerprint density at radius 1 is 0.375 bits per heavy atom. The van der Waals surface area contributed by atoms with Gasteiger partial charge in [0.05, 0.1) is 79.5 Å². The van der Waals surface area contributed by atoms with Gasteiger partial charge in [-0.1, -0.05) is 24.3 Å². The van der Waals surface area contributed by atoms with Crippen LogP contribution in [0.2, 0.25) is 0 Å². The molecule has 0 aromatic carbocycles. The highest BCUT2D eigenvalue weighted by Gasteiger charge is 2.35. The number of imide groups is 2. The number of nitrogens with zero attached hydrogens (tertiary/aromatic N) is 10. The molecule has 11 heterocycles. The van der Waals surface area contributed by atoms with Crippen LogP contribution in [-0.4, -0.2) is 85.4 Å². The molecule has 0 unspecified atom stereocenters. The van der Waals surface area contributed by atoms with E-state index in [2.05, 4.69) is 0 Å². The first kappa shape index (κ1) is 40.1. The van der Waals surface area contributed by atoms with Crippen molar-refractivity contribution in [3.8, 4) is 34.2 Å². The summed E-state index contributed by atoms with van der Waals surface area (Å²) in [4.78, 5) is 123. The van der Waals surface area contributed by atoms with Gasteiger partial charge in [-0.3, -0.25) is 29.0 Å². The van der Waals surface area contributed by atoms with Crippen LogP contribution in [0.4, 0.5) is 0 Å². The summed E-state index contributed by atoms with van der Waals surface area (Å²) in [5, 5.41) is 0.938. The maximum atomic E-state index is 13.9. The molecule has 4 amide bonds. The van der Waals surface area contributed by atoms with Gasteiger partial charge >= 0.3 is 11.9 Å². The lowest BCUT2D eigenvalue weighted by Gasteiger charge is -2.24. The standard InChI is InChI=1S/C46H36N10O8/c57-41-13-14-42(58)55(41)63-45(61)27-17-33-25-53-21-29-5-1-9-35(47-29)36-10-2-6-30(48-36)23-54(24-32-8-4-12-38(50-32)37-11-3-7-31(22-53)49-37)26-34-18-28(20-40(52-34)39(19-27)51-33)46(62)64-56-43(59)15-16-44(56)60/h1-12,17-20H,13-16,21-26H2. The number of hydrogen-bond donors (Lipinski definition) is 0. The molecule has 0 atom stereocenters. The molecule has 5 aliphatic heterocycles. The van der Waals surface area contributed by atoms with Crippen molar-refractivity contribution in [1.29, 1.82) is 0 Å². The lowest BCUT2D eigenvalue weighted by Crippen LogP contribution is -2.32. The van der Waals surface area contributed by atoms with E-state index in [-0.39, 0.29) is 61.3 Å². The maximum absolute atomic E-state index is 13.9. The molecule has 0 radical (unpaired) electrons. The summed E-state index contributed by atoms with van der Waals surface area (Å²) in [6, 6.07) is 28.7. The van der Waals surface area contributed by atoms with Crippen molar-refractivity contribution in [2.45, 2.75) is 65.0 Å². The highest BCUT2D eigenvalue weighted by molar-refractivity contribution is 6.04. The van der Waals surface area contributed by atoms with Crippen molar-refractivity contribution < 1.29 is 38.4 Å². The molecule has 14 bridgehead atoms. The first-order chi connectivity index (χ1) is 31.1. The summed E-state index contributed by atoms with van der Waals surface area (Å²) < 4.78 is 0. The van der Waals surface area contributed by atoms with Crippen molar-refractivity contribution >= 4 is 35.6 Å². The Balaban J connectivity index is 1.17. The molecule has 18 nitrogen and oxygen atoms in total. The number of hydroxylamine groups is 4. The van der Waals surface area contributed by atoms with Crippen LogP contribution in [0.1, 0.15) is 80.6 Å². The van der Waals surface area contributed by atoms with Crippen LogP contribution in [-0.2, 0) is 68.1 Å². The van der Waals surface area contributed by atoms with E-state index in [0.717, 1.165) is 0 Å². The van der Waals surface area contributed by atoms with Gasteiger partial charge in [0.1, 0.15) is 0 Å². The van der Waals surface area contributed by atoms with Gasteiger partial charge in [0.25, 0.3) is 23.6 Å². The van der Waals surface area contributed by atoms with Crippen molar-refractivity contribution in [1.82, 2.24) is 49.8 Å². The van der Waals surface area contributed by atoms with Crippen LogP contribution in [0.3, 0.4) is 0 Å². The molecule has 318 valence electrons. The second-order valence-electron chi connectivity index (χ2n) is 15.7. The third-order valence-corrected chi connectivity index (χ3v) is 10.9. The van der Waals surface area contributed by atoms with Crippen LogP contribution in [0.25, 0.3) is 34.2 Å². The molecule has 5 aliphatic rings. The summed E-state index contributed by atoms with van der Waals surface area (Å²) >= 11 is 0. The minimum Gasteiger partial charge on any atom is -0.325 e. The summed E-state index contributed by atoms with van der Waals surface area (Å²) in [5.41, 5.74) is 6.35. The second kappa shape index (κ2) is 16.7. The Bertz CT molecular complexity index is 2620. The largest absolute Gasteiger partial charge is 0.364 e. The van der Waals surface area contributed by atoms with E-state index in [4.69, 9.17) is 39.6 Å². The summed E-state index contributed by atoms with van der Waals surface area (Å²) in [6.45, 7) is 1.39. The lowest BCUT2D eigenvalue weighted by atomic mass is 10.1. The molecule has 6 aromatic heterocycles. The number of rotatable bonds is 4. The zero-order valence-corrected chi connectivity index (χ0v) is 34.0. The van der Waals surface area contributed by atoms with Crippen LogP contribution in [0.5, 0.6) is 0 Å². The normalized spacial score (nSPS) is 18.2. The van der Waals surface area contributed by atoms with Gasteiger partial charge in [-0.05, 0) is 72.8 Å². The highest BCUT2D eigenvalue weighted by atomic mass is 16.7. The quantitative estimate of drug-likeness (QED) is 0.223. The van der Waals surface area contributed by atoms with E-state index < -0.39 is 35.6 Å². The molecule has 2 fully saturated rings. The predicted molar refractivity (Wildman–Crippen MR) is 221 cm³/mol. The Morgan fingerprint density at radius 2 is 0.656 bits per heavy atom. The van der Waals surface area contributed by atoms with Gasteiger partial charge in [-0.15, -0.1) is 10.1 Å². The second-order valence-corrected chi connectivity index (χ2v) is 15.7. The van der Waals surface area contributed by atoms with Crippen LogP contribution in [0, 0.1) is 0 Å². The van der Waals surface area contributed by atoms with Crippen molar-refractivity contribution in [3.63, 3.8) is 0 Å². The Kier molecular flexibility index (Phi) is 10.5. The van der Waals surface area contributed by atoms with Crippen LogP contribution >= 0.6 is 0 Å². The molecule has 64 heavy (non-hydrogen) atoms. The minimum absolute atomic E-state index is 0.0585. The van der Waals surface area contributed by atoms with Gasteiger partial charge in [0, 0.05) is 65.0 Å². The monoisotopic (exact) mass is 856 g/mol. The zero-order valence-electron chi connectivity index (χ0n) is 34.0. The number of hydrogen-bond acceptors (Lipinski definition) is 16. The molecule has 11 rings (SSSR count). The molecule has 0 aliphatic carbocycles. The lowest BCUT2D eigenvalue weighted by molar-refractivity contribution is -0.173. The highest BCUT2D eigenvalue weighted by Crippen LogP contribution is 2.27. The SMILES string of the molecule is O=C(ON1C(=O)CCC1=O)c1cc2nc(c1)-c1cc(C(=O)ON3C(=O)CCC3=O)cc(n1)CN1Cc3cccc(n3)-c3cccc(n3)CN(Cc3cccc(n3)-c3cccc(n3)C1)C2. The van der Waals surface area contributed by atoms with Crippen molar-refractivity contribution in [3.05, 3.63) is 142 Å². The van der Waals surface area contributed by atoms with Crippen LogP contribution in [0.15, 0.2) is 97.1 Å². The Labute approximate surface area is 364 Å². The molecule has 0 spiro atoms. The maximum Gasteiger partial charge on any atom is 0.364 e. The zero-order chi connectivity index (χ0) is 43.9. The topological polar surface area (TPSA) is 211 Å². The van der Waals surface area contributed by atoms with Crippen molar-refractivity contribution in [2.75, 3.05) is 0 Å². The molecule has 18 heteroatoms. The summed E-state index contributed by atoms with van der Waals surface area (Å²) in [7, 11) is 0. The average Bonchev–Trinajstić information content (AvgIpc) is 3.79. The van der Waals surface area contributed by atoms with Crippen LogP contribution < -0.4 is 0 Å². The Morgan fingerprint density at radius 3 is 0.969 bits per heavy atom. The molecular formula is C46H36N10O8. The van der Waals surface area contributed by atoms with Gasteiger partial charge in [-0.25, -0.2) is 39.5 Å². The first-order valence-electron chi connectivity index (χ1n) is 20.5. The molecular weight excluding hydrogens is 821 g/mol. The van der Waals surface area contributed by atoms with Gasteiger partial charge < -0.3 is 9.68 Å². The summed E-state index contributed by atoms with van der Waals surface area (Å²) in [5.74, 6) is -4.59. The van der Waals surface area contributed by atoms with E-state index in [1.54, 1.807) is 0 Å². The smallest absolute Gasteiger partial charge is 0.325 e.